The predicted molar refractivity (Wildman–Crippen MR) is 90.1 cm³/mol. The fourth-order valence-electron chi connectivity index (χ4n) is 3.00. The molecule has 1 atom stereocenters. The van der Waals surface area contributed by atoms with Crippen molar-refractivity contribution in [3.63, 3.8) is 0 Å². The minimum Gasteiger partial charge on any atom is -0.507 e. The molecule has 4 N–H and O–H groups in total. The monoisotopic (exact) mass is 378 g/mol. The van der Waals surface area contributed by atoms with Crippen molar-refractivity contribution in [2.24, 2.45) is 0 Å². The number of phenolic OH excluding ortho intramolecular Hbond substituents is 2. The minimum atomic E-state index is -3.21. The second-order valence-corrected chi connectivity index (χ2v) is 5.83. The van der Waals surface area contributed by atoms with Gasteiger partial charge >= 0.3 is 5.79 Å². The van der Waals surface area contributed by atoms with Crippen LogP contribution in [0.25, 0.3) is 0 Å². The molecule has 144 valence electrons. The van der Waals surface area contributed by atoms with Gasteiger partial charge in [-0.25, -0.2) is 0 Å². The molecule has 0 saturated heterocycles. The molecule has 0 bridgehead atoms. The van der Waals surface area contributed by atoms with Gasteiger partial charge in [0.25, 0.3) is 5.79 Å². The first-order valence-corrected chi connectivity index (χ1v) is 7.74. The lowest BCUT2D eigenvalue weighted by Crippen LogP contribution is -2.63. The van der Waals surface area contributed by atoms with Crippen molar-refractivity contribution in [1.82, 2.24) is 0 Å². The van der Waals surface area contributed by atoms with E-state index in [9.17, 15) is 25.2 Å². The van der Waals surface area contributed by atoms with Gasteiger partial charge in [0, 0.05) is 24.8 Å². The highest BCUT2D eigenvalue weighted by Gasteiger charge is 2.64. The SMILES string of the molecule is COc1cc(O)c2c(c1)OC(OC)(c1ccc(O)c(OC)c1)C(O)(O)C2=O. The number of hydrogen-bond acceptors (Lipinski definition) is 9. The van der Waals surface area contributed by atoms with Crippen LogP contribution in [0.4, 0.5) is 0 Å². The number of rotatable bonds is 4. The summed E-state index contributed by atoms with van der Waals surface area (Å²) < 4.78 is 21.0. The number of carbonyl (C=O) groups excluding carboxylic acids is 1. The maximum Gasteiger partial charge on any atom is 0.301 e. The topological polar surface area (TPSA) is 135 Å². The maximum absolute atomic E-state index is 12.8. The first kappa shape index (κ1) is 18.8. The van der Waals surface area contributed by atoms with Crippen LogP contribution in [0.3, 0.4) is 0 Å². The molecule has 27 heavy (non-hydrogen) atoms. The fourth-order valence-corrected chi connectivity index (χ4v) is 3.00. The summed E-state index contributed by atoms with van der Waals surface area (Å²) in [4.78, 5) is 12.8. The number of ether oxygens (including phenoxy) is 4. The third-order valence-electron chi connectivity index (χ3n) is 4.39. The zero-order valence-electron chi connectivity index (χ0n) is 14.7. The van der Waals surface area contributed by atoms with Crippen LogP contribution in [0.15, 0.2) is 30.3 Å². The first-order chi connectivity index (χ1) is 12.7. The van der Waals surface area contributed by atoms with E-state index in [1.165, 1.54) is 38.5 Å². The van der Waals surface area contributed by atoms with Gasteiger partial charge in [0.1, 0.15) is 22.8 Å². The molecule has 0 aliphatic carbocycles. The van der Waals surface area contributed by atoms with Crippen molar-refractivity contribution in [3.8, 4) is 28.7 Å². The van der Waals surface area contributed by atoms with Crippen LogP contribution in [0.1, 0.15) is 15.9 Å². The Morgan fingerprint density at radius 1 is 0.963 bits per heavy atom. The van der Waals surface area contributed by atoms with E-state index in [1.807, 2.05) is 0 Å². The highest BCUT2D eigenvalue weighted by atomic mass is 16.7. The Balaban J connectivity index is 2.27. The van der Waals surface area contributed by atoms with E-state index < -0.39 is 28.7 Å². The summed E-state index contributed by atoms with van der Waals surface area (Å²) in [6.45, 7) is 0. The molecule has 1 unspecified atom stereocenters. The van der Waals surface area contributed by atoms with Crippen molar-refractivity contribution >= 4 is 5.78 Å². The van der Waals surface area contributed by atoms with E-state index in [2.05, 4.69) is 0 Å². The lowest BCUT2D eigenvalue weighted by Gasteiger charge is -2.44. The first-order valence-electron chi connectivity index (χ1n) is 7.74. The lowest BCUT2D eigenvalue weighted by atomic mass is 9.86. The quantitative estimate of drug-likeness (QED) is 0.572. The molecule has 2 aromatic rings. The van der Waals surface area contributed by atoms with Crippen LogP contribution < -0.4 is 14.2 Å². The van der Waals surface area contributed by atoms with Gasteiger partial charge in [-0.05, 0) is 18.2 Å². The molecule has 1 aliphatic heterocycles. The fraction of sp³-hybridized carbons (Fsp3) is 0.278. The summed E-state index contributed by atoms with van der Waals surface area (Å²) in [6.07, 6.45) is 0. The third-order valence-corrected chi connectivity index (χ3v) is 4.39. The number of hydrogen-bond donors (Lipinski definition) is 4. The number of methoxy groups -OCH3 is 3. The van der Waals surface area contributed by atoms with Crippen LogP contribution in [0.2, 0.25) is 0 Å². The molecule has 3 rings (SSSR count). The largest absolute Gasteiger partial charge is 0.507 e. The summed E-state index contributed by atoms with van der Waals surface area (Å²) in [5.41, 5.74) is -0.454. The Hall–Kier alpha value is -3.01. The molecule has 0 aromatic heterocycles. The Kier molecular flexibility index (Phi) is 4.38. The molecule has 9 heteroatoms. The van der Waals surface area contributed by atoms with Crippen molar-refractivity contribution in [2.75, 3.05) is 21.3 Å². The maximum atomic E-state index is 12.8. The Bertz CT molecular complexity index is 906. The molecule has 1 heterocycles. The van der Waals surface area contributed by atoms with Gasteiger partial charge in [0.05, 0.1) is 14.2 Å². The number of carbonyl (C=O) groups is 1. The minimum absolute atomic E-state index is 0.00457. The van der Waals surface area contributed by atoms with Gasteiger partial charge in [0.15, 0.2) is 11.5 Å². The van der Waals surface area contributed by atoms with Crippen LogP contribution in [0.5, 0.6) is 28.7 Å². The molecular formula is C18H18O9. The van der Waals surface area contributed by atoms with E-state index in [4.69, 9.17) is 18.9 Å². The van der Waals surface area contributed by atoms with E-state index in [1.54, 1.807) is 0 Å². The van der Waals surface area contributed by atoms with Gasteiger partial charge < -0.3 is 39.4 Å². The Morgan fingerprint density at radius 2 is 1.67 bits per heavy atom. The molecular weight excluding hydrogens is 360 g/mol. The summed E-state index contributed by atoms with van der Waals surface area (Å²) >= 11 is 0. The normalized spacial score (nSPS) is 20.6. The van der Waals surface area contributed by atoms with Crippen molar-refractivity contribution < 1.29 is 44.2 Å². The van der Waals surface area contributed by atoms with Crippen molar-refractivity contribution in [3.05, 3.63) is 41.5 Å². The summed E-state index contributed by atoms with van der Waals surface area (Å²) in [7, 11) is 3.76. The number of benzene rings is 2. The zero-order valence-corrected chi connectivity index (χ0v) is 14.7. The van der Waals surface area contributed by atoms with E-state index in [-0.39, 0.29) is 28.6 Å². The molecule has 0 radical (unpaired) electrons. The van der Waals surface area contributed by atoms with Crippen LogP contribution in [-0.2, 0) is 10.5 Å². The highest BCUT2D eigenvalue weighted by molar-refractivity contribution is 6.07. The molecule has 2 aromatic carbocycles. The Labute approximate surface area is 153 Å². The molecule has 0 fully saturated rings. The van der Waals surface area contributed by atoms with E-state index in [0.717, 1.165) is 13.2 Å². The number of Topliss-reactive ketones (excluding diaryl/α,β-unsaturated/α-hetero) is 1. The van der Waals surface area contributed by atoms with Crippen LogP contribution in [0, 0.1) is 0 Å². The number of aromatic hydroxyl groups is 2. The van der Waals surface area contributed by atoms with Gasteiger partial charge in [-0.15, -0.1) is 0 Å². The number of phenols is 2. The van der Waals surface area contributed by atoms with Crippen LogP contribution in [-0.4, -0.2) is 53.3 Å². The zero-order chi connectivity index (χ0) is 20.0. The number of fused-ring (bicyclic) bond motifs is 1. The second kappa shape index (κ2) is 6.31. The van der Waals surface area contributed by atoms with Gasteiger partial charge in [-0.2, -0.15) is 0 Å². The van der Waals surface area contributed by atoms with Crippen LogP contribution >= 0.6 is 0 Å². The average molecular weight is 378 g/mol. The van der Waals surface area contributed by atoms with Gasteiger partial charge in [-0.1, -0.05) is 0 Å². The molecule has 0 spiro atoms. The average Bonchev–Trinajstić information content (AvgIpc) is 2.64. The van der Waals surface area contributed by atoms with Crippen molar-refractivity contribution in [2.45, 2.75) is 11.6 Å². The van der Waals surface area contributed by atoms with Crippen molar-refractivity contribution in [1.29, 1.82) is 0 Å². The predicted octanol–water partition coefficient (Wildman–Crippen LogP) is 0.870. The summed E-state index contributed by atoms with van der Waals surface area (Å²) in [5.74, 6) is -7.61. The third kappa shape index (κ3) is 2.55. The number of ketones is 1. The molecule has 0 saturated carbocycles. The molecule has 9 nitrogen and oxygen atoms in total. The van der Waals surface area contributed by atoms with Gasteiger partial charge in [0.2, 0.25) is 5.78 Å². The second-order valence-electron chi connectivity index (χ2n) is 5.83. The standard InChI is InChI=1S/C18H18O9/c1-24-10-7-12(20)15-14(8-10)27-18(26-3,17(22,23)16(15)21)9-4-5-11(19)13(6-9)25-2/h4-8,19-20,22-23H,1-3H3. The molecule has 0 amide bonds. The lowest BCUT2D eigenvalue weighted by molar-refractivity contribution is -0.338. The Morgan fingerprint density at radius 3 is 2.26 bits per heavy atom. The van der Waals surface area contributed by atoms with E-state index in [0.29, 0.717) is 0 Å². The highest BCUT2D eigenvalue weighted by Crippen LogP contribution is 2.49. The smallest absolute Gasteiger partial charge is 0.301 e. The van der Waals surface area contributed by atoms with Gasteiger partial charge in [-0.3, -0.25) is 4.79 Å². The van der Waals surface area contributed by atoms with E-state index >= 15 is 0 Å². The number of aliphatic hydroxyl groups is 2. The summed E-state index contributed by atoms with van der Waals surface area (Å²) in [5, 5.41) is 41.2. The summed E-state index contributed by atoms with van der Waals surface area (Å²) in [6, 6.07) is 6.17. The molecule has 1 aliphatic rings.